The van der Waals surface area contributed by atoms with Gasteiger partial charge in [0.15, 0.2) is 0 Å². The average molecular weight is 420 g/mol. The van der Waals surface area contributed by atoms with E-state index in [-0.39, 0.29) is 5.25 Å². The fourth-order valence-corrected chi connectivity index (χ4v) is 3.71. The number of carbonyl (C=O) groups excluding carboxylic acids is 2. The van der Waals surface area contributed by atoms with Gasteiger partial charge in [-0.15, -0.1) is 34.8 Å². The molecule has 1 aliphatic rings. The van der Waals surface area contributed by atoms with E-state index >= 15 is 0 Å². The van der Waals surface area contributed by atoms with Gasteiger partial charge in [-0.3, -0.25) is 10.1 Å². The number of urea groups is 2. The Morgan fingerprint density at radius 1 is 1.42 bits per heavy atom. The highest BCUT2D eigenvalue weighted by molar-refractivity contribution is 7.98. The summed E-state index contributed by atoms with van der Waals surface area (Å²) in [5.74, 6) is 0. The van der Waals surface area contributed by atoms with Crippen LogP contribution in [0, 0.1) is 5.41 Å². The number of hydrogen-bond donors (Lipinski definition) is 3. The van der Waals surface area contributed by atoms with Crippen molar-refractivity contribution in [2.45, 2.75) is 47.6 Å². The van der Waals surface area contributed by atoms with Gasteiger partial charge in [-0.2, -0.15) is 4.90 Å². The Morgan fingerprint density at radius 2 is 2.08 bits per heavy atom. The zero-order valence-electron chi connectivity index (χ0n) is 13.4. The third kappa shape index (κ3) is 6.06. The van der Waals surface area contributed by atoms with Gasteiger partial charge in [0.05, 0.1) is 12.5 Å². The molecule has 1 fully saturated rings. The van der Waals surface area contributed by atoms with Gasteiger partial charge in [0.1, 0.15) is 4.33 Å². The number of carbonyl (C=O) groups is 2. The number of rotatable bonds is 4. The van der Waals surface area contributed by atoms with Crippen molar-refractivity contribution in [1.82, 2.24) is 14.9 Å². The Kier molecular flexibility index (Phi) is 8.76. The normalized spacial score (nSPS) is 22.4. The molecule has 0 aliphatic heterocycles. The number of imide groups is 1. The zero-order valence-corrected chi connectivity index (χ0v) is 16.5. The second-order valence-corrected chi connectivity index (χ2v) is 8.40. The summed E-state index contributed by atoms with van der Waals surface area (Å²) in [5, 5.41) is 9.73. The van der Waals surface area contributed by atoms with Crippen LogP contribution in [0.5, 0.6) is 0 Å². The highest BCUT2D eigenvalue weighted by Gasteiger charge is 2.40. The van der Waals surface area contributed by atoms with E-state index in [1.807, 2.05) is 6.92 Å². The van der Waals surface area contributed by atoms with Gasteiger partial charge in [0.25, 0.3) is 0 Å². The Labute approximate surface area is 160 Å². The smallest absolute Gasteiger partial charge is 0.343 e. The van der Waals surface area contributed by atoms with E-state index in [1.54, 1.807) is 0 Å². The number of amides is 4. The third-order valence-corrected chi connectivity index (χ3v) is 6.10. The highest BCUT2D eigenvalue weighted by atomic mass is 35.5. The van der Waals surface area contributed by atoms with Crippen molar-refractivity contribution in [3.63, 3.8) is 0 Å². The lowest BCUT2D eigenvalue weighted by molar-refractivity contribution is 0.197. The Hall–Kier alpha value is -0.570. The molecule has 0 radical (unpaired) electrons. The van der Waals surface area contributed by atoms with Gasteiger partial charge in [-0.25, -0.2) is 9.59 Å². The molecule has 1 rings (SSSR count). The van der Waals surface area contributed by atoms with Crippen LogP contribution >= 0.6 is 46.8 Å². The Balaban J connectivity index is 2.59. The standard InChI is InChI=1S/C13H21Cl3N4O3S/c1-3-6-18-11(21)20(10(17)23-2)12(22)19-24-8-4-5-13(15,16)9(14)7-8/h8-9,17H,3-7H2,1-2H3,(H,18,21)(H,19,22). The fraction of sp³-hybridized carbons (Fsp3) is 0.769. The van der Waals surface area contributed by atoms with Crippen LogP contribution in [0.2, 0.25) is 0 Å². The number of alkyl halides is 3. The first-order valence-electron chi connectivity index (χ1n) is 7.41. The number of hydrogen-bond acceptors (Lipinski definition) is 5. The molecule has 2 atom stereocenters. The summed E-state index contributed by atoms with van der Waals surface area (Å²) in [5.41, 5.74) is 0. The number of ether oxygens (including phenoxy) is 1. The van der Waals surface area contributed by atoms with Gasteiger partial charge >= 0.3 is 18.1 Å². The monoisotopic (exact) mass is 418 g/mol. The maximum absolute atomic E-state index is 12.2. The summed E-state index contributed by atoms with van der Waals surface area (Å²) in [4.78, 5) is 24.8. The lowest BCUT2D eigenvalue weighted by Crippen LogP contribution is -2.51. The molecule has 0 aromatic rings. The van der Waals surface area contributed by atoms with Gasteiger partial charge < -0.3 is 10.1 Å². The molecular formula is C13H21Cl3N4O3S. The average Bonchev–Trinajstić information content (AvgIpc) is 2.54. The minimum Gasteiger partial charge on any atom is -0.468 e. The molecule has 11 heteroatoms. The molecule has 1 saturated carbocycles. The summed E-state index contributed by atoms with van der Waals surface area (Å²) in [6.07, 6.45) is 2.40. The van der Waals surface area contributed by atoms with Crippen molar-refractivity contribution in [1.29, 1.82) is 5.41 Å². The van der Waals surface area contributed by atoms with E-state index < -0.39 is 27.8 Å². The van der Waals surface area contributed by atoms with Crippen molar-refractivity contribution in [3.8, 4) is 0 Å². The fourth-order valence-electron chi connectivity index (χ4n) is 2.00. The molecule has 0 saturated heterocycles. The minimum absolute atomic E-state index is 0.0133. The number of amidine groups is 1. The second kappa shape index (κ2) is 9.79. The van der Waals surface area contributed by atoms with Gasteiger partial charge in [-0.05, 0) is 37.6 Å². The lowest BCUT2D eigenvalue weighted by Gasteiger charge is -2.34. The largest absolute Gasteiger partial charge is 0.468 e. The molecule has 1 aliphatic carbocycles. The maximum atomic E-state index is 12.2. The second-order valence-electron chi connectivity index (χ2n) is 5.23. The summed E-state index contributed by atoms with van der Waals surface area (Å²) < 4.78 is 6.28. The molecule has 24 heavy (non-hydrogen) atoms. The molecule has 7 nitrogen and oxygen atoms in total. The zero-order chi connectivity index (χ0) is 18.3. The topological polar surface area (TPSA) is 94.5 Å². The van der Waals surface area contributed by atoms with Crippen LogP contribution < -0.4 is 10.0 Å². The first-order valence-corrected chi connectivity index (χ1v) is 9.48. The van der Waals surface area contributed by atoms with Crippen molar-refractivity contribution in [2.24, 2.45) is 0 Å². The molecule has 0 bridgehead atoms. The molecule has 0 aromatic carbocycles. The van der Waals surface area contributed by atoms with Crippen LogP contribution in [0.1, 0.15) is 32.6 Å². The van der Waals surface area contributed by atoms with Gasteiger partial charge in [-0.1, -0.05) is 6.92 Å². The van der Waals surface area contributed by atoms with E-state index in [0.29, 0.717) is 37.1 Å². The summed E-state index contributed by atoms with van der Waals surface area (Å²) in [6, 6.07) is -2.05. The number of nitrogens with one attached hydrogen (secondary N) is 3. The van der Waals surface area contributed by atoms with Crippen LogP contribution in [0.3, 0.4) is 0 Å². The van der Waals surface area contributed by atoms with Gasteiger partial charge in [0, 0.05) is 11.8 Å². The number of nitrogens with zero attached hydrogens (tertiary/aromatic N) is 1. The Morgan fingerprint density at radius 3 is 2.62 bits per heavy atom. The maximum Gasteiger partial charge on any atom is 0.343 e. The van der Waals surface area contributed by atoms with Crippen molar-refractivity contribution in [3.05, 3.63) is 0 Å². The number of halogens is 3. The van der Waals surface area contributed by atoms with Crippen LogP contribution in [-0.2, 0) is 4.74 Å². The first-order chi connectivity index (χ1) is 11.2. The third-order valence-electron chi connectivity index (χ3n) is 3.37. The molecule has 3 N–H and O–H groups in total. The predicted molar refractivity (Wildman–Crippen MR) is 98.1 cm³/mol. The van der Waals surface area contributed by atoms with E-state index in [0.717, 1.165) is 11.9 Å². The molecule has 0 aromatic heterocycles. The molecule has 0 heterocycles. The van der Waals surface area contributed by atoms with Crippen LogP contribution in [0.25, 0.3) is 0 Å². The van der Waals surface area contributed by atoms with E-state index in [4.69, 9.17) is 44.9 Å². The van der Waals surface area contributed by atoms with Crippen molar-refractivity contribution >= 4 is 64.8 Å². The van der Waals surface area contributed by atoms with Crippen LogP contribution in [0.15, 0.2) is 0 Å². The van der Waals surface area contributed by atoms with E-state index in [9.17, 15) is 9.59 Å². The van der Waals surface area contributed by atoms with Crippen LogP contribution in [0.4, 0.5) is 9.59 Å². The minimum atomic E-state index is -0.965. The summed E-state index contributed by atoms with van der Waals surface area (Å²) >= 11 is 19.4. The molecule has 138 valence electrons. The predicted octanol–water partition coefficient (Wildman–Crippen LogP) is 3.68. The van der Waals surface area contributed by atoms with Crippen molar-refractivity contribution in [2.75, 3.05) is 13.7 Å². The van der Waals surface area contributed by atoms with Crippen molar-refractivity contribution < 1.29 is 14.3 Å². The highest BCUT2D eigenvalue weighted by Crippen LogP contribution is 2.43. The molecule has 2 unspecified atom stereocenters. The van der Waals surface area contributed by atoms with E-state index in [2.05, 4.69) is 10.0 Å². The molecule has 4 amide bonds. The quantitative estimate of drug-likeness (QED) is 0.280. The lowest BCUT2D eigenvalue weighted by atomic mass is 9.98. The number of methoxy groups -OCH3 is 1. The summed E-state index contributed by atoms with van der Waals surface area (Å²) in [6.45, 7) is 2.26. The molecular weight excluding hydrogens is 399 g/mol. The Bertz CT molecular complexity index is 481. The SMILES string of the molecule is CCCNC(=O)N(C(=N)OC)C(=O)NSC1CCC(Cl)(Cl)C(Cl)C1. The van der Waals surface area contributed by atoms with Gasteiger partial charge in [0.2, 0.25) is 0 Å². The summed E-state index contributed by atoms with van der Waals surface area (Å²) in [7, 11) is 1.21. The molecule has 0 spiro atoms. The van der Waals surface area contributed by atoms with E-state index in [1.165, 1.54) is 7.11 Å². The van der Waals surface area contributed by atoms with Crippen LogP contribution in [-0.4, -0.2) is 51.6 Å². The first kappa shape index (κ1) is 21.5.